The largest absolute Gasteiger partial charge is 0.466 e. The molecule has 1 heterocycles. The minimum atomic E-state index is -0.264. The van der Waals surface area contributed by atoms with E-state index in [0.717, 1.165) is 0 Å². The van der Waals surface area contributed by atoms with Gasteiger partial charge in [0, 0.05) is 10.5 Å². The Hall–Kier alpha value is 0.950. The fraction of sp³-hybridized carbons (Fsp3) is 0.857. The lowest BCUT2D eigenvalue weighted by molar-refractivity contribution is -0.143. The van der Waals surface area contributed by atoms with Crippen molar-refractivity contribution in [3.8, 4) is 0 Å². The Kier molecular flexibility index (Phi) is 5.31. The molecule has 76 valence electrons. The Morgan fingerprint density at radius 1 is 1.62 bits per heavy atom. The molecule has 0 spiro atoms. The van der Waals surface area contributed by atoms with Crippen molar-refractivity contribution >= 4 is 46.5 Å². The summed E-state index contributed by atoms with van der Waals surface area (Å²) in [6.07, 6.45) is 0.534. The van der Waals surface area contributed by atoms with Crippen molar-refractivity contribution in [2.24, 2.45) is 0 Å². The Morgan fingerprint density at radius 3 is 2.77 bits per heavy atom. The van der Waals surface area contributed by atoms with Gasteiger partial charge in [-0.25, -0.2) is 0 Å². The van der Waals surface area contributed by atoms with Gasteiger partial charge in [0.05, 0.1) is 18.6 Å². The van der Waals surface area contributed by atoms with Crippen LogP contribution in [0, 0.1) is 0 Å². The molecule has 1 aliphatic heterocycles. The second-order valence-corrected chi connectivity index (χ2v) is 11.9. The topological polar surface area (TPSA) is 26.3 Å². The van der Waals surface area contributed by atoms with Gasteiger partial charge in [-0.2, -0.15) is 0 Å². The van der Waals surface area contributed by atoms with Gasteiger partial charge in [-0.15, -0.1) is 35.0 Å². The first-order chi connectivity index (χ1) is 6.13. The number of carbonyl (C=O) groups is 1. The predicted octanol–water partition coefficient (Wildman–Crippen LogP) is 3.33. The summed E-state index contributed by atoms with van der Waals surface area (Å²) >= 11 is 8.12. The molecule has 13 heavy (non-hydrogen) atoms. The highest BCUT2D eigenvalue weighted by Gasteiger charge is 2.32. The van der Waals surface area contributed by atoms with Crippen LogP contribution in [0.15, 0.2) is 0 Å². The Morgan fingerprint density at radius 2 is 2.31 bits per heavy atom. The van der Waals surface area contributed by atoms with E-state index in [0.29, 0.717) is 23.5 Å². The van der Waals surface area contributed by atoms with E-state index in [1.54, 1.807) is 0 Å². The molecule has 1 rings (SSSR count). The lowest BCUT2D eigenvalue weighted by Crippen LogP contribution is -2.18. The smallest absolute Gasteiger partial charge is 0.306 e. The zero-order valence-corrected chi connectivity index (χ0v) is 11.0. The SMILES string of the molecule is CCOC(=O)CC1SP(S)SC1C. The number of esters is 1. The summed E-state index contributed by atoms with van der Waals surface area (Å²) in [5.41, 5.74) is -0.264. The van der Waals surface area contributed by atoms with E-state index in [-0.39, 0.29) is 11.5 Å². The molecule has 0 radical (unpaired) electrons. The van der Waals surface area contributed by atoms with Gasteiger partial charge in [0.15, 0.2) is 0 Å². The molecule has 1 fully saturated rings. The molecule has 0 aromatic carbocycles. The molecule has 3 atom stereocenters. The van der Waals surface area contributed by atoms with Gasteiger partial charge < -0.3 is 4.74 Å². The molecule has 0 bridgehead atoms. The van der Waals surface area contributed by atoms with Gasteiger partial charge in [-0.05, 0) is 6.92 Å². The number of hydrogen-bond donors (Lipinski definition) is 1. The Bertz CT molecular complexity index is 191. The monoisotopic (exact) mass is 256 g/mol. The maximum Gasteiger partial charge on any atom is 0.306 e. The van der Waals surface area contributed by atoms with Crippen LogP contribution in [0.1, 0.15) is 20.3 Å². The second kappa shape index (κ2) is 5.74. The van der Waals surface area contributed by atoms with Crippen molar-refractivity contribution in [1.82, 2.24) is 0 Å². The third-order valence-corrected chi connectivity index (χ3v) is 9.86. The summed E-state index contributed by atoms with van der Waals surface area (Å²) in [6, 6.07) is 0. The van der Waals surface area contributed by atoms with Gasteiger partial charge in [0.2, 0.25) is 0 Å². The van der Waals surface area contributed by atoms with Crippen LogP contribution in [0.2, 0.25) is 0 Å². The first-order valence-electron chi connectivity index (χ1n) is 4.11. The van der Waals surface area contributed by atoms with Crippen LogP contribution in [-0.2, 0) is 9.53 Å². The van der Waals surface area contributed by atoms with Crippen LogP contribution in [-0.4, -0.2) is 23.1 Å². The quantitative estimate of drug-likeness (QED) is 0.476. The summed E-state index contributed by atoms with van der Waals surface area (Å²) in [4.78, 5) is 11.2. The summed E-state index contributed by atoms with van der Waals surface area (Å²) in [7, 11) is 0. The van der Waals surface area contributed by atoms with Crippen LogP contribution in [0.3, 0.4) is 0 Å². The standard InChI is InChI=1S/C7H13O2PS3/c1-3-9-7(8)4-6-5(2)12-10(11)13-6/h5-6,11H,3-4H2,1-2H3. The molecule has 0 aromatic heterocycles. The van der Waals surface area contributed by atoms with Crippen molar-refractivity contribution in [2.45, 2.75) is 30.8 Å². The number of hydrogen-bond acceptors (Lipinski definition) is 5. The number of carbonyl (C=O) groups excluding carboxylic acids is 1. The summed E-state index contributed by atoms with van der Waals surface area (Å²) in [6.45, 7) is 4.47. The van der Waals surface area contributed by atoms with Gasteiger partial charge in [-0.1, -0.05) is 6.92 Å². The van der Waals surface area contributed by atoms with Gasteiger partial charge in [0.25, 0.3) is 0 Å². The fourth-order valence-corrected chi connectivity index (χ4v) is 11.0. The van der Waals surface area contributed by atoms with E-state index in [1.165, 1.54) is 0 Å². The van der Waals surface area contributed by atoms with Gasteiger partial charge in [0.1, 0.15) is 0 Å². The highest BCUT2D eigenvalue weighted by atomic mass is 33.4. The van der Waals surface area contributed by atoms with Crippen molar-refractivity contribution in [1.29, 1.82) is 0 Å². The molecule has 0 aliphatic carbocycles. The predicted molar refractivity (Wildman–Crippen MR) is 65.6 cm³/mol. The third kappa shape index (κ3) is 3.90. The fourth-order valence-electron chi connectivity index (χ4n) is 1.02. The summed E-state index contributed by atoms with van der Waals surface area (Å²) in [5, 5.41) is 0.922. The average Bonchev–Trinajstić information content (AvgIpc) is 2.30. The maximum absolute atomic E-state index is 11.2. The normalized spacial score (nSPS) is 33.3. The lowest BCUT2D eigenvalue weighted by atomic mass is 10.2. The highest BCUT2D eigenvalue weighted by Crippen LogP contribution is 2.74. The van der Waals surface area contributed by atoms with Gasteiger partial charge >= 0.3 is 5.97 Å². The van der Waals surface area contributed by atoms with E-state index < -0.39 is 0 Å². The van der Waals surface area contributed by atoms with Crippen LogP contribution in [0.25, 0.3) is 0 Å². The van der Waals surface area contributed by atoms with E-state index in [4.69, 9.17) is 4.74 Å². The van der Waals surface area contributed by atoms with Crippen molar-refractivity contribution in [3.63, 3.8) is 0 Å². The van der Waals surface area contributed by atoms with Crippen LogP contribution < -0.4 is 0 Å². The molecule has 3 unspecified atom stereocenters. The van der Waals surface area contributed by atoms with Crippen LogP contribution in [0.4, 0.5) is 0 Å². The number of ether oxygens (including phenoxy) is 1. The first kappa shape index (κ1) is 12.0. The molecule has 1 aliphatic rings. The molecule has 0 saturated carbocycles. The van der Waals surface area contributed by atoms with Crippen LogP contribution in [0.5, 0.6) is 0 Å². The molecule has 1 saturated heterocycles. The third-order valence-electron chi connectivity index (χ3n) is 1.68. The molecule has 0 amide bonds. The first-order valence-corrected chi connectivity index (χ1v) is 9.58. The van der Waals surface area contributed by atoms with E-state index in [1.807, 2.05) is 29.7 Å². The zero-order valence-electron chi connectivity index (χ0n) is 7.60. The lowest BCUT2D eigenvalue weighted by Gasteiger charge is -2.10. The minimum Gasteiger partial charge on any atom is -0.466 e. The van der Waals surface area contributed by atoms with Gasteiger partial charge in [-0.3, -0.25) is 4.79 Å². The Labute approximate surface area is 93.3 Å². The zero-order chi connectivity index (χ0) is 9.84. The highest BCUT2D eigenvalue weighted by molar-refractivity contribution is 9.10. The molecule has 0 aromatic rings. The summed E-state index contributed by atoms with van der Waals surface area (Å²) in [5.74, 6) is -0.0777. The molecular weight excluding hydrogens is 243 g/mol. The molecule has 0 N–H and O–H groups in total. The van der Waals surface area contributed by atoms with Crippen molar-refractivity contribution in [3.05, 3.63) is 0 Å². The average molecular weight is 256 g/mol. The molecule has 6 heteroatoms. The van der Waals surface area contributed by atoms with Crippen LogP contribution >= 0.6 is 40.5 Å². The number of rotatable bonds is 3. The van der Waals surface area contributed by atoms with E-state index in [9.17, 15) is 4.79 Å². The van der Waals surface area contributed by atoms with E-state index >= 15 is 0 Å². The van der Waals surface area contributed by atoms with Crippen molar-refractivity contribution in [2.75, 3.05) is 6.61 Å². The maximum atomic E-state index is 11.2. The molecule has 2 nitrogen and oxygen atoms in total. The minimum absolute atomic E-state index is 0.0777. The van der Waals surface area contributed by atoms with E-state index in [2.05, 4.69) is 19.2 Å². The second-order valence-electron chi connectivity index (χ2n) is 2.70. The Balaban J connectivity index is 2.32. The number of thiol groups is 1. The molecular formula is C7H13O2PS3. The summed E-state index contributed by atoms with van der Waals surface area (Å²) < 4.78 is 4.91. The van der Waals surface area contributed by atoms with Crippen molar-refractivity contribution < 1.29 is 9.53 Å².